The first-order valence-corrected chi connectivity index (χ1v) is 6.51. The molecule has 1 heterocycles. The molecule has 0 saturated heterocycles. The first-order valence-electron chi connectivity index (χ1n) is 6.51. The lowest BCUT2D eigenvalue weighted by molar-refractivity contribution is 0.591. The van der Waals surface area contributed by atoms with Crippen molar-refractivity contribution in [1.82, 2.24) is 15.2 Å². The second-order valence-electron chi connectivity index (χ2n) is 5.01. The highest BCUT2D eigenvalue weighted by molar-refractivity contribution is 5.36. The van der Waals surface area contributed by atoms with Gasteiger partial charge in [0.25, 0.3) is 0 Å². The van der Waals surface area contributed by atoms with Crippen LogP contribution in [0.5, 0.6) is 0 Å². The van der Waals surface area contributed by atoms with Gasteiger partial charge in [-0.1, -0.05) is 24.3 Å². The number of hydrogen-bond donors (Lipinski definition) is 2. The van der Waals surface area contributed by atoms with Gasteiger partial charge in [0.15, 0.2) is 5.82 Å². The molecule has 0 saturated carbocycles. The molecule has 0 fully saturated rings. The van der Waals surface area contributed by atoms with E-state index in [1.54, 1.807) is 0 Å². The van der Waals surface area contributed by atoms with E-state index in [1.165, 1.54) is 24.0 Å². The predicted octanol–water partition coefficient (Wildman–Crippen LogP) is 2.29. The number of benzene rings is 1. The average Bonchev–Trinajstić information content (AvgIpc) is 2.87. The molecule has 4 heteroatoms. The lowest BCUT2D eigenvalue weighted by Crippen LogP contribution is -2.12. The third kappa shape index (κ3) is 1.93. The molecule has 0 amide bonds. The number of aromatic amines is 1. The molecule has 0 radical (unpaired) electrons. The van der Waals surface area contributed by atoms with Crippen molar-refractivity contribution in [2.75, 3.05) is 0 Å². The number of fused-ring (bicyclic) bond motifs is 1. The minimum atomic E-state index is -0.117. The first kappa shape index (κ1) is 11.4. The largest absolute Gasteiger partial charge is 0.321 e. The summed E-state index contributed by atoms with van der Waals surface area (Å²) in [5.74, 6) is 2.00. The summed E-state index contributed by atoms with van der Waals surface area (Å²) in [5, 5.41) is 7.26. The van der Waals surface area contributed by atoms with Crippen molar-refractivity contribution in [3.05, 3.63) is 47.0 Å². The van der Waals surface area contributed by atoms with Gasteiger partial charge in [-0.05, 0) is 37.3 Å². The maximum atomic E-state index is 5.81. The van der Waals surface area contributed by atoms with Crippen LogP contribution in [0.4, 0.5) is 0 Å². The molecule has 3 N–H and O–H groups in total. The van der Waals surface area contributed by atoms with Crippen LogP contribution in [-0.4, -0.2) is 15.2 Å². The molecule has 18 heavy (non-hydrogen) atoms. The summed E-state index contributed by atoms with van der Waals surface area (Å²) in [5.41, 5.74) is 8.63. The van der Waals surface area contributed by atoms with E-state index in [0.29, 0.717) is 11.7 Å². The number of nitrogens with one attached hydrogen (secondary N) is 1. The van der Waals surface area contributed by atoms with E-state index in [1.807, 2.05) is 6.92 Å². The van der Waals surface area contributed by atoms with Crippen LogP contribution < -0.4 is 5.73 Å². The van der Waals surface area contributed by atoms with Crippen molar-refractivity contribution < 1.29 is 0 Å². The summed E-state index contributed by atoms with van der Waals surface area (Å²) < 4.78 is 0. The Hall–Kier alpha value is -1.68. The summed E-state index contributed by atoms with van der Waals surface area (Å²) in [6.07, 6.45) is 3.50. The number of nitrogens with two attached hydrogens (primary N) is 1. The summed E-state index contributed by atoms with van der Waals surface area (Å²) in [7, 11) is 0. The zero-order valence-corrected chi connectivity index (χ0v) is 10.6. The van der Waals surface area contributed by atoms with Gasteiger partial charge in [0.05, 0.1) is 6.04 Å². The van der Waals surface area contributed by atoms with E-state index >= 15 is 0 Å². The molecule has 0 spiro atoms. The minimum absolute atomic E-state index is 0.117. The van der Waals surface area contributed by atoms with Crippen molar-refractivity contribution in [1.29, 1.82) is 0 Å². The van der Waals surface area contributed by atoms with Crippen LogP contribution in [0.1, 0.15) is 54.5 Å². The van der Waals surface area contributed by atoms with E-state index < -0.39 is 0 Å². The van der Waals surface area contributed by atoms with Crippen molar-refractivity contribution in [3.63, 3.8) is 0 Å². The molecule has 94 valence electrons. The standard InChI is InChI=1S/C14H18N4/c1-9(15)13-16-14(18-17-13)12-8-4-6-10-5-2-3-7-11(10)12/h2-3,5,7,9,12H,4,6,8,15H2,1H3,(H,16,17,18). The molecular formula is C14H18N4. The molecular weight excluding hydrogens is 224 g/mol. The SMILES string of the molecule is CC(N)c1n[nH]c(C2CCCc3ccccc32)n1. The number of aromatic nitrogens is 3. The van der Waals surface area contributed by atoms with Gasteiger partial charge in [-0.25, -0.2) is 4.98 Å². The predicted molar refractivity (Wildman–Crippen MR) is 70.2 cm³/mol. The lowest BCUT2D eigenvalue weighted by Gasteiger charge is -2.23. The summed E-state index contributed by atoms with van der Waals surface area (Å²) in [6.45, 7) is 1.90. The summed E-state index contributed by atoms with van der Waals surface area (Å²) >= 11 is 0. The maximum Gasteiger partial charge on any atom is 0.167 e. The molecule has 0 aliphatic heterocycles. The highest BCUT2D eigenvalue weighted by atomic mass is 15.2. The Labute approximate surface area is 107 Å². The molecule has 1 aromatic carbocycles. The fourth-order valence-corrected chi connectivity index (χ4v) is 2.69. The maximum absolute atomic E-state index is 5.81. The highest BCUT2D eigenvalue weighted by Crippen LogP contribution is 2.34. The third-order valence-corrected chi connectivity index (χ3v) is 3.63. The van der Waals surface area contributed by atoms with Gasteiger partial charge in [0.2, 0.25) is 0 Å². The van der Waals surface area contributed by atoms with E-state index in [4.69, 9.17) is 5.73 Å². The minimum Gasteiger partial charge on any atom is -0.321 e. The normalized spacial score (nSPS) is 20.4. The lowest BCUT2D eigenvalue weighted by atomic mass is 9.82. The van der Waals surface area contributed by atoms with E-state index in [9.17, 15) is 0 Å². The Bertz CT molecular complexity index is 544. The number of nitrogens with zero attached hydrogens (tertiary/aromatic N) is 2. The van der Waals surface area contributed by atoms with Crippen molar-refractivity contribution in [3.8, 4) is 0 Å². The van der Waals surface area contributed by atoms with E-state index in [-0.39, 0.29) is 6.04 Å². The molecule has 4 nitrogen and oxygen atoms in total. The average molecular weight is 242 g/mol. The van der Waals surface area contributed by atoms with Gasteiger partial charge in [-0.2, -0.15) is 5.10 Å². The molecule has 3 rings (SSSR count). The highest BCUT2D eigenvalue weighted by Gasteiger charge is 2.24. The Morgan fingerprint density at radius 3 is 3.00 bits per heavy atom. The van der Waals surface area contributed by atoms with Gasteiger partial charge in [-0.15, -0.1) is 0 Å². The number of aryl methyl sites for hydroxylation is 1. The monoisotopic (exact) mass is 242 g/mol. The quantitative estimate of drug-likeness (QED) is 0.849. The van der Waals surface area contributed by atoms with Gasteiger partial charge in [-0.3, -0.25) is 5.10 Å². The van der Waals surface area contributed by atoms with Crippen LogP contribution in [-0.2, 0) is 6.42 Å². The van der Waals surface area contributed by atoms with Gasteiger partial charge in [0, 0.05) is 5.92 Å². The smallest absolute Gasteiger partial charge is 0.167 e. The van der Waals surface area contributed by atoms with Crippen LogP contribution in [0.3, 0.4) is 0 Å². The molecule has 2 aromatic rings. The van der Waals surface area contributed by atoms with Crippen LogP contribution in [0, 0.1) is 0 Å². The molecule has 1 aliphatic carbocycles. The Morgan fingerprint density at radius 2 is 2.22 bits per heavy atom. The van der Waals surface area contributed by atoms with Gasteiger partial charge < -0.3 is 5.73 Å². The van der Waals surface area contributed by atoms with Crippen LogP contribution in [0.2, 0.25) is 0 Å². The summed E-state index contributed by atoms with van der Waals surface area (Å²) in [6, 6.07) is 8.50. The fourth-order valence-electron chi connectivity index (χ4n) is 2.69. The van der Waals surface area contributed by atoms with Gasteiger partial charge in [0.1, 0.15) is 5.82 Å². The van der Waals surface area contributed by atoms with Crippen LogP contribution >= 0.6 is 0 Å². The van der Waals surface area contributed by atoms with Gasteiger partial charge >= 0.3 is 0 Å². The topological polar surface area (TPSA) is 67.6 Å². The first-order chi connectivity index (χ1) is 8.75. The Morgan fingerprint density at radius 1 is 1.39 bits per heavy atom. The van der Waals surface area contributed by atoms with Crippen molar-refractivity contribution in [2.24, 2.45) is 5.73 Å². The number of hydrogen-bond acceptors (Lipinski definition) is 3. The molecule has 1 aromatic heterocycles. The summed E-state index contributed by atoms with van der Waals surface area (Å²) in [4.78, 5) is 4.54. The van der Waals surface area contributed by atoms with E-state index in [0.717, 1.165) is 12.2 Å². The second-order valence-corrected chi connectivity index (χ2v) is 5.01. The zero-order chi connectivity index (χ0) is 12.5. The number of H-pyrrole nitrogens is 1. The van der Waals surface area contributed by atoms with Crippen molar-refractivity contribution >= 4 is 0 Å². The van der Waals surface area contributed by atoms with E-state index in [2.05, 4.69) is 39.4 Å². The molecule has 2 unspecified atom stereocenters. The molecule has 2 atom stereocenters. The molecule has 1 aliphatic rings. The van der Waals surface area contributed by atoms with Crippen LogP contribution in [0.25, 0.3) is 0 Å². The second kappa shape index (κ2) is 4.53. The molecule has 0 bridgehead atoms. The van der Waals surface area contributed by atoms with Crippen LogP contribution in [0.15, 0.2) is 24.3 Å². The van der Waals surface area contributed by atoms with Crippen molar-refractivity contribution in [2.45, 2.75) is 38.1 Å². The third-order valence-electron chi connectivity index (χ3n) is 3.63. The Balaban J connectivity index is 1.97. The Kier molecular flexibility index (Phi) is 2.88. The fraction of sp³-hybridized carbons (Fsp3) is 0.429. The number of rotatable bonds is 2. The zero-order valence-electron chi connectivity index (χ0n) is 10.6.